The lowest BCUT2D eigenvalue weighted by Gasteiger charge is -2.12. The maximum Gasteiger partial charge on any atom is 0.160 e. The molecule has 8 aromatic carbocycles. The minimum absolute atomic E-state index is 0.724. The van der Waals surface area contributed by atoms with Crippen LogP contribution in [-0.4, -0.2) is 14.5 Å². The fraction of sp³-hybridized carbons (Fsp3) is 0. The number of hydrogen-bond donors (Lipinski definition) is 0. The van der Waals surface area contributed by atoms with Crippen LogP contribution in [0.4, 0.5) is 0 Å². The molecule has 47 heavy (non-hydrogen) atoms. The highest BCUT2D eigenvalue weighted by molar-refractivity contribution is 6.29. The molecule has 2 aromatic heterocycles. The Labute approximate surface area is 271 Å². The zero-order chi connectivity index (χ0) is 30.9. The van der Waals surface area contributed by atoms with E-state index in [0.717, 1.165) is 39.2 Å². The summed E-state index contributed by atoms with van der Waals surface area (Å²) in [5.74, 6) is 0.724. The third kappa shape index (κ3) is 3.93. The maximum atomic E-state index is 5.10. The third-order valence-corrected chi connectivity index (χ3v) is 9.57. The van der Waals surface area contributed by atoms with Gasteiger partial charge in [-0.2, -0.15) is 0 Å². The number of para-hydroxylation sites is 2. The van der Waals surface area contributed by atoms with Crippen molar-refractivity contribution in [2.75, 3.05) is 0 Å². The third-order valence-electron chi connectivity index (χ3n) is 9.57. The first-order valence-electron chi connectivity index (χ1n) is 16.0. The number of fused-ring (bicyclic) bond motifs is 10. The summed E-state index contributed by atoms with van der Waals surface area (Å²) in [5, 5.41) is 11.3. The van der Waals surface area contributed by atoms with Gasteiger partial charge in [0.15, 0.2) is 5.82 Å². The zero-order valence-electron chi connectivity index (χ0n) is 25.4. The van der Waals surface area contributed by atoms with Crippen LogP contribution in [-0.2, 0) is 0 Å². The lowest BCUT2D eigenvalue weighted by molar-refractivity contribution is 1.17. The van der Waals surface area contributed by atoms with Crippen LogP contribution in [0.1, 0.15) is 0 Å². The van der Waals surface area contributed by atoms with Crippen molar-refractivity contribution in [3.8, 4) is 28.3 Å². The number of aromatic nitrogens is 3. The van der Waals surface area contributed by atoms with E-state index in [-0.39, 0.29) is 0 Å². The number of nitrogens with zero attached hydrogens (tertiary/aromatic N) is 3. The molecule has 0 bridgehead atoms. The Morgan fingerprint density at radius 3 is 1.89 bits per heavy atom. The SMILES string of the molecule is c1ccc(-c2nc(-c3ccc(-n4c5ccccc5c5c6ccc7ccc8ccccc8c7c6ccc54)cc3)nc3ccccc23)cc1. The van der Waals surface area contributed by atoms with Crippen LogP contribution in [0, 0.1) is 0 Å². The summed E-state index contributed by atoms with van der Waals surface area (Å²) in [5.41, 5.74) is 7.45. The van der Waals surface area contributed by atoms with Gasteiger partial charge in [0, 0.05) is 33.0 Å². The second-order valence-electron chi connectivity index (χ2n) is 12.2. The van der Waals surface area contributed by atoms with E-state index in [1.807, 2.05) is 18.2 Å². The Morgan fingerprint density at radius 1 is 0.362 bits per heavy atom. The molecule has 3 nitrogen and oxygen atoms in total. The maximum absolute atomic E-state index is 5.10. The normalized spacial score (nSPS) is 11.8. The van der Waals surface area contributed by atoms with Crippen molar-refractivity contribution in [2.45, 2.75) is 0 Å². The highest BCUT2D eigenvalue weighted by Crippen LogP contribution is 2.41. The van der Waals surface area contributed by atoms with Crippen molar-refractivity contribution in [1.29, 1.82) is 0 Å². The summed E-state index contributed by atoms with van der Waals surface area (Å²) >= 11 is 0. The van der Waals surface area contributed by atoms with Gasteiger partial charge < -0.3 is 4.57 Å². The molecule has 2 heterocycles. The molecule has 0 spiro atoms. The van der Waals surface area contributed by atoms with Crippen LogP contribution in [0.3, 0.4) is 0 Å². The number of rotatable bonds is 3. The zero-order valence-corrected chi connectivity index (χ0v) is 25.4. The standard InChI is InChI=1S/C44H27N3/c1-2-11-30(12-3-1)43-36-14-6-8-16-38(36)45-44(46-43)31-20-23-32(24-21-31)47-39-17-9-7-15-37(39)42-35-25-22-29-19-18-28-10-4-5-13-33(28)41(29)34(35)26-27-40(42)47/h1-27H. The summed E-state index contributed by atoms with van der Waals surface area (Å²) in [6.07, 6.45) is 0. The first-order valence-corrected chi connectivity index (χ1v) is 16.0. The van der Waals surface area contributed by atoms with Crippen molar-refractivity contribution in [1.82, 2.24) is 14.5 Å². The predicted molar refractivity (Wildman–Crippen MR) is 197 cm³/mol. The minimum Gasteiger partial charge on any atom is -0.309 e. The van der Waals surface area contributed by atoms with Crippen molar-refractivity contribution < 1.29 is 0 Å². The summed E-state index contributed by atoms with van der Waals surface area (Å²) < 4.78 is 2.39. The van der Waals surface area contributed by atoms with Crippen molar-refractivity contribution in [3.05, 3.63) is 164 Å². The van der Waals surface area contributed by atoms with E-state index in [2.05, 4.69) is 150 Å². The summed E-state index contributed by atoms with van der Waals surface area (Å²) in [6, 6.07) is 58.4. The van der Waals surface area contributed by atoms with Gasteiger partial charge in [-0.3, -0.25) is 0 Å². The summed E-state index contributed by atoms with van der Waals surface area (Å²) in [4.78, 5) is 10.1. The predicted octanol–water partition coefficient (Wildman–Crippen LogP) is 11.5. The van der Waals surface area contributed by atoms with Gasteiger partial charge in [0.2, 0.25) is 0 Å². The first-order chi connectivity index (χ1) is 23.3. The molecule has 0 saturated heterocycles. The van der Waals surface area contributed by atoms with E-state index in [1.165, 1.54) is 54.1 Å². The molecule has 3 heteroatoms. The Hall–Kier alpha value is -6.32. The van der Waals surface area contributed by atoms with Crippen LogP contribution in [0.15, 0.2) is 164 Å². The van der Waals surface area contributed by atoms with Gasteiger partial charge in [-0.25, -0.2) is 9.97 Å². The largest absolute Gasteiger partial charge is 0.309 e. The Bertz CT molecular complexity index is 2830. The second-order valence-corrected chi connectivity index (χ2v) is 12.2. The van der Waals surface area contributed by atoms with E-state index < -0.39 is 0 Å². The van der Waals surface area contributed by atoms with Gasteiger partial charge >= 0.3 is 0 Å². The lowest BCUT2D eigenvalue weighted by Crippen LogP contribution is -1.97. The average molecular weight is 598 g/mol. The quantitative estimate of drug-likeness (QED) is 0.190. The van der Waals surface area contributed by atoms with Gasteiger partial charge in [-0.05, 0) is 74.8 Å². The Morgan fingerprint density at radius 2 is 1.02 bits per heavy atom. The van der Waals surface area contributed by atoms with Gasteiger partial charge in [0.25, 0.3) is 0 Å². The number of hydrogen-bond acceptors (Lipinski definition) is 2. The highest BCUT2D eigenvalue weighted by Gasteiger charge is 2.17. The van der Waals surface area contributed by atoms with Crippen molar-refractivity contribution in [3.63, 3.8) is 0 Å². The lowest BCUT2D eigenvalue weighted by atomic mass is 9.94. The monoisotopic (exact) mass is 597 g/mol. The molecule has 0 amide bonds. The molecule has 218 valence electrons. The average Bonchev–Trinajstić information content (AvgIpc) is 3.49. The molecule has 0 unspecified atom stereocenters. The van der Waals surface area contributed by atoms with Gasteiger partial charge in [-0.15, -0.1) is 0 Å². The van der Waals surface area contributed by atoms with Crippen molar-refractivity contribution >= 4 is 65.0 Å². The molecule has 0 atom stereocenters. The Kier molecular flexibility index (Phi) is 5.57. The highest BCUT2D eigenvalue weighted by atomic mass is 15.0. The van der Waals surface area contributed by atoms with Crippen LogP contribution in [0.2, 0.25) is 0 Å². The van der Waals surface area contributed by atoms with Gasteiger partial charge in [-0.1, -0.05) is 121 Å². The van der Waals surface area contributed by atoms with E-state index in [9.17, 15) is 0 Å². The van der Waals surface area contributed by atoms with Crippen LogP contribution < -0.4 is 0 Å². The summed E-state index contributed by atoms with van der Waals surface area (Å²) in [7, 11) is 0. The van der Waals surface area contributed by atoms with E-state index >= 15 is 0 Å². The fourth-order valence-corrected chi connectivity index (χ4v) is 7.44. The number of benzene rings is 8. The van der Waals surface area contributed by atoms with Gasteiger partial charge in [0.1, 0.15) is 0 Å². The molecule has 10 aromatic rings. The molecule has 0 aliphatic heterocycles. The van der Waals surface area contributed by atoms with Crippen LogP contribution in [0.25, 0.3) is 93.4 Å². The first kappa shape index (κ1) is 26.0. The van der Waals surface area contributed by atoms with Crippen molar-refractivity contribution in [2.24, 2.45) is 0 Å². The molecule has 0 fully saturated rings. The second kappa shape index (κ2) is 10.1. The summed E-state index contributed by atoms with van der Waals surface area (Å²) in [6.45, 7) is 0. The van der Waals surface area contributed by atoms with Crippen LogP contribution in [0.5, 0.6) is 0 Å². The molecule has 0 N–H and O–H groups in total. The molecular formula is C44H27N3. The van der Waals surface area contributed by atoms with Crippen LogP contribution >= 0.6 is 0 Å². The van der Waals surface area contributed by atoms with E-state index in [1.54, 1.807) is 0 Å². The smallest absolute Gasteiger partial charge is 0.160 e. The topological polar surface area (TPSA) is 30.7 Å². The van der Waals surface area contributed by atoms with Gasteiger partial charge in [0.05, 0.1) is 22.2 Å². The molecule has 10 rings (SSSR count). The minimum atomic E-state index is 0.724. The molecule has 0 saturated carbocycles. The van der Waals surface area contributed by atoms with E-state index in [0.29, 0.717) is 0 Å². The fourth-order valence-electron chi connectivity index (χ4n) is 7.44. The van der Waals surface area contributed by atoms with E-state index in [4.69, 9.17) is 9.97 Å². The molecular weight excluding hydrogens is 571 g/mol. The molecule has 0 radical (unpaired) electrons. The molecule has 0 aliphatic carbocycles. The molecule has 0 aliphatic rings. The Balaban J connectivity index is 1.17.